The van der Waals surface area contributed by atoms with E-state index in [0.717, 1.165) is 6.42 Å². The Balaban J connectivity index is 1.67. The van der Waals surface area contributed by atoms with Gasteiger partial charge in [-0.3, -0.25) is 14.6 Å². The third-order valence-corrected chi connectivity index (χ3v) is 6.22. The van der Waals surface area contributed by atoms with Gasteiger partial charge in [-0.1, -0.05) is 19.1 Å². The first-order chi connectivity index (χ1) is 12.9. The molecule has 1 atom stereocenters. The molecule has 0 spiro atoms. The molecule has 1 aromatic carbocycles. The van der Waals surface area contributed by atoms with Crippen molar-refractivity contribution < 1.29 is 18.0 Å². The van der Waals surface area contributed by atoms with Gasteiger partial charge in [0.1, 0.15) is 0 Å². The van der Waals surface area contributed by atoms with Crippen LogP contribution in [0.5, 0.6) is 0 Å². The predicted molar refractivity (Wildman–Crippen MR) is 103 cm³/mol. The molecule has 0 saturated carbocycles. The summed E-state index contributed by atoms with van der Waals surface area (Å²) in [5, 5.41) is 5.46. The third-order valence-electron chi connectivity index (χ3n) is 4.45. The summed E-state index contributed by atoms with van der Waals surface area (Å²) in [6.45, 7) is 2.05. The van der Waals surface area contributed by atoms with Crippen LogP contribution in [0.3, 0.4) is 0 Å². The smallest absolute Gasteiger partial charge is 0.257 e. The lowest BCUT2D eigenvalue weighted by Crippen LogP contribution is -2.35. The Hall–Kier alpha value is -2.74. The molecule has 2 N–H and O–H groups in total. The average molecular weight is 387 g/mol. The summed E-state index contributed by atoms with van der Waals surface area (Å²) >= 11 is 0. The van der Waals surface area contributed by atoms with Crippen molar-refractivity contribution in [2.24, 2.45) is 0 Å². The summed E-state index contributed by atoms with van der Waals surface area (Å²) in [7, 11) is -3.08. The van der Waals surface area contributed by atoms with E-state index in [2.05, 4.69) is 22.5 Å². The Bertz CT molecular complexity index is 955. The van der Waals surface area contributed by atoms with Crippen molar-refractivity contribution in [1.82, 2.24) is 10.3 Å². The highest BCUT2D eigenvalue weighted by atomic mass is 32.2. The Kier molecular flexibility index (Phi) is 5.55. The molecular formula is C19H21N3O4S. The molecule has 7 nitrogen and oxygen atoms in total. The van der Waals surface area contributed by atoms with Crippen molar-refractivity contribution in [3.05, 3.63) is 59.4 Å². The van der Waals surface area contributed by atoms with Crippen LogP contribution in [-0.4, -0.2) is 42.8 Å². The second-order valence-corrected chi connectivity index (χ2v) is 8.77. The number of hydrogen-bond acceptors (Lipinski definition) is 5. The fourth-order valence-corrected chi connectivity index (χ4v) is 4.57. The predicted octanol–water partition coefficient (Wildman–Crippen LogP) is 1.81. The molecule has 2 amide bonds. The molecule has 2 aromatic rings. The molecular weight excluding hydrogens is 366 g/mol. The zero-order chi connectivity index (χ0) is 19.4. The number of aryl methyl sites for hydroxylation is 1. The minimum atomic E-state index is -3.08. The monoisotopic (exact) mass is 387 g/mol. The molecule has 0 aliphatic carbocycles. The van der Waals surface area contributed by atoms with Crippen LogP contribution < -0.4 is 10.6 Å². The SMILES string of the molecule is CCc1ccc(NC(=O)c2cncc(C(=O)NC3CCS(=O)(=O)C3)c2)cc1. The van der Waals surface area contributed by atoms with Crippen LogP contribution in [0.2, 0.25) is 0 Å². The number of carbonyl (C=O) groups is 2. The Morgan fingerprint density at radius 2 is 1.78 bits per heavy atom. The van der Waals surface area contributed by atoms with Crippen molar-refractivity contribution >= 4 is 27.3 Å². The molecule has 142 valence electrons. The van der Waals surface area contributed by atoms with E-state index in [4.69, 9.17) is 0 Å². The standard InChI is InChI=1S/C19H21N3O4S/c1-2-13-3-5-16(6-4-13)21-18(23)14-9-15(11-20-10-14)19(24)22-17-7-8-27(25,26)12-17/h3-6,9-11,17H,2,7-8,12H2,1H3,(H,21,23)(H,22,24). The highest BCUT2D eigenvalue weighted by molar-refractivity contribution is 7.91. The van der Waals surface area contributed by atoms with Crippen LogP contribution in [0, 0.1) is 0 Å². The van der Waals surface area contributed by atoms with E-state index in [0.29, 0.717) is 12.1 Å². The number of hydrogen-bond donors (Lipinski definition) is 2. The van der Waals surface area contributed by atoms with Gasteiger partial charge >= 0.3 is 0 Å². The highest BCUT2D eigenvalue weighted by Gasteiger charge is 2.29. The number of pyridine rings is 1. The lowest BCUT2D eigenvalue weighted by Gasteiger charge is -2.11. The van der Waals surface area contributed by atoms with Crippen LogP contribution in [0.15, 0.2) is 42.7 Å². The van der Waals surface area contributed by atoms with Gasteiger partial charge in [0.25, 0.3) is 11.8 Å². The van der Waals surface area contributed by atoms with Crippen molar-refractivity contribution in [3.63, 3.8) is 0 Å². The van der Waals surface area contributed by atoms with Crippen LogP contribution in [0.1, 0.15) is 39.6 Å². The largest absolute Gasteiger partial charge is 0.348 e. The van der Waals surface area contributed by atoms with Crippen LogP contribution in [-0.2, 0) is 16.3 Å². The second-order valence-electron chi connectivity index (χ2n) is 6.54. The molecule has 3 rings (SSSR count). The van der Waals surface area contributed by atoms with E-state index < -0.39 is 21.8 Å². The summed E-state index contributed by atoms with van der Waals surface area (Å²) in [5.74, 6) is -0.786. The lowest BCUT2D eigenvalue weighted by atomic mass is 10.1. The molecule has 1 fully saturated rings. The van der Waals surface area contributed by atoms with Crippen molar-refractivity contribution in [3.8, 4) is 0 Å². The van der Waals surface area contributed by atoms with E-state index in [9.17, 15) is 18.0 Å². The number of nitrogens with zero attached hydrogens (tertiary/aromatic N) is 1. The molecule has 2 heterocycles. The van der Waals surface area contributed by atoms with E-state index in [-0.39, 0.29) is 28.5 Å². The molecule has 1 aliphatic heterocycles. The van der Waals surface area contributed by atoms with Crippen molar-refractivity contribution in [2.45, 2.75) is 25.8 Å². The van der Waals surface area contributed by atoms with Gasteiger partial charge in [0, 0.05) is 24.1 Å². The summed E-state index contributed by atoms with van der Waals surface area (Å²) in [6, 6.07) is 8.56. The Morgan fingerprint density at radius 1 is 1.11 bits per heavy atom. The highest BCUT2D eigenvalue weighted by Crippen LogP contribution is 2.14. The Morgan fingerprint density at radius 3 is 2.37 bits per heavy atom. The summed E-state index contributed by atoms with van der Waals surface area (Å²) < 4.78 is 23.0. The number of anilines is 1. The van der Waals surface area contributed by atoms with Gasteiger partial charge in [-0.05, 0) is 36.6 Å². The fourth-order valence-electron chi connectivity index (χ4n) is 2.89. The van der Waals surface area contributed by atoms with Crippen LogP contribution >= 0.6 is 0 Å². The fraction of sp³-hybridized carbons (Fsp3) is 0.316. The molecule has 8 heteroatoms. The molecule has 1 aromatic heterocycles. The number of aromatic nitrogens is 1. The van der Waals surface area contributed by atoms with Gasteiger partial charge in [-0.25, -0.2) is 8.42 Å². The van der Waals surface area contributed by atoms with Crippen LogP contribution in [0.25, 0.3) is 0 Å². The maximum Gasteiger partial charge on any atom is 0.257 e. The summed E-state index contributed by atoms with van der Waals surface area (Å²) in [6.07, 6.45) is 4.05. The molecule has 27 heavy (non-hydrogen) atoms. The number of carbonyl (C=O) groups excluding carboxylic acids is 2. The summed E-state index contributed by atoms with van der Waals surface area (Å²) in [4.78, 5) is 28.7. The molecule has 0 radical (unpaired) electrons. The number of benzene rings is 1. The Labute approximate surface area is 158 Å². The first kappa shape index (κ1) is 19.0. The quantitative estimate of drug-likeness (QED) is 0.814. The number of amides is 2. The van der Waals surface area contributed by atoms with E-state index in [1.807, 2.05) is 24.3 Å². The van der Waals surface area contributed by atoms with Gasteiger partial charge in [-0.2, -0.15) is 0 Å². The second kappa shape index (κ2) is 7.87. The van der Waals surface area contributed by atoms with Crippen LogP contribution in [0.4, 0.5) is 5.69 Å². The number of nitrogens with one attached hydrogen (secondary N) is 2. The molecule has 0 bridgehead atoms. The average Bonchev–Trinajstić information content (AvgIpc) is 3.00. The number of sulfone groups is 1. The minimum Gasteiger partial charge on any atom is -0.348 e. The minimum absolute atomic E-state index is 0.0555. The van der Waals surface area contributed by atoms with E-state index in [1.165, 1.54) is 24.0 Å². The van der Waals surface area contributed by atoms with E-state index in [1.54, 1.807) is 0 Å². The first-order valence-corrected chi connectivity index (χ1v) is 10.5. The molecule has 1 saturated heterocycles. The lowest BCUT2D eigenvalue weighted by molar-refractivity contribution is 0.0940. The molecule has 1 aliphatic rings. The van der Waals surface area contributed by atoms with Gasteiger partial charge in [-0.15, -0.1) is 0 Å². The van der Waals surface area contributed by atoms with Crippen molar-refractivity contribution in [1.29, 1.82) is 0 Å². The topological polar surface area (TPSA) is 105 Å². The van der Waals surface area contributed by atoms with Gasteiger partial charge in [0.15, 0.2) is 9.84 Å². The third kappa shape index (κ3) is 4.91. The normalized spacial score (nSPS) is 18.0. The maximum atomic E-state index is 12.4. The zero-order valence-electron chi connectivity index (χ0n) is 14.9. The van der Waals surface area contributed by atoms with Crippen molar-refractivity contribution in [2.75, 3.05) is 16.8 Å². The maximum absolute atomic E-state index is 12.4. The van der Waals surface area contributed by atoms with Gasteiger partial charge in [0.05, 0.1) is 22.6 Å². The molecule has 1 unspecified atom stereocenters. The van der Waals surface area contributed by atoms with Gasteiger partial charge in [0.2, 0.25) is 0 Å². The number of rotatable bonds is 5. The van der Waals surface area contributed by atoms with E-state index >= 15 is 0 Å². The summed E-state index contributed by atoms with van der Waals surface area (Å²) in [5.41, 5.74) is 2.29. The first-order valence-electron chi connectivity index (χ1n) is 8.73. The zero-order valence-corrected chi connectivity index (χ0v) is 15.8. The van der Waals surface area contributed by atoms with Gasteiger partial charge < -0.3 is 10.6 Å².